The summed E-state index contributed by atoms with van der Waals surface area (Å²) in [4.78, 5) is 23.5. The summed E-state index contributed by atoms with van der Waals surface area (Å²) >= 11 is 0. The molecule has 416 valence electrons. The van der Waals surface area contributed by atoms with Crippen LogP contribution in [0.15, 0.2) is 12.2 Å². The molecular formula is C57H112NO11P. The van der Waals surface area contributed by atoms with Crippen molar-refractivity contribution in [3.05, 3.63) is 12.2 Å². The Kier molecular flexibility index (Phi) is 44.7. The number of phosphoric acid groups is 1. The summed E-state index contributed by atoms with van der Waals surface area (Å²) in [6.07, 6.45) is 44.3. The zero-order chi connectivity index (χ0) is 51.3. The fourth-order valence-corrected chi connectivity index (χ4v) is 10.8. The van der Waals surface area contributed by atoms with Crippen LogP contribution in [-0.4, -0.2) is 96.8 Å². The third-order valence-electron chi connectivity index (χ3n) is 14.6. The second-order valence-corrected chi connectivity index (χ2v) is 22.6. The number of rotatable bonds is 51. The van der Waals surface area contributed by atoms with Gasteiger partial charge in [0.15, 0.2) is 0 Å². The van der Waals surface area contributed by atoms with E-state index in [1.54, 1.807) is 6.08 Å². The Bertz CT molecular complexity index is 1230. The molecule has 0 radical (unpaired) electrons. The first-order valence-electron chi connectivity index (χ1n) is 29.6. The number of aliphatic hydroxyl groups excluding tert-OH is 6. The van der Waals surface area contributed by atoms with Gasteiger partial charge in [-0.1, -0.05) is 276 Å². The maximum Gasteiger partial charge on any atom is 0.472 e. The topological polar surface area (TPSA) is 206 Å². The highest BCUT2D eigenvalue weighted by molar-refractivity contribution is 7.47. The van der Waals surface area contributed by atoms with Crippen molar-refractivity contribution in [2.24, 2.45) is 0 Å². The Labute approximate surface area is 429 Å². The molecular weight excluding hydrogens is 906 g/mol. The molecule has 0 aromatic heterocycles. The number of carbonyl (C=O) groups is 1. The van der Waals surface area contributed by atoms with E-state index in [0.29, 0.717) is 6.42 Å². The third kappa shape index (κ3) is 36.9. The molecule has 13 heteroatoms. The summed E-state index contributed by atoms with van der Waals surface area (Å²) < 4.78 is 23.1. The molecule has 1 amide bonds. The molecule has 1 aliphatic rings. The first-order chi connectivity index (χ1) is 33.9. The van der Waals surface area contributed by atoms with Crippen molar-refractivity contribution in [1.29, 1.82) is 0 Å². The molecule has 0 aromatic carbocycles. The molecule has 8 N–H and O–H groups in total. The van der Waals surface area contributed by atoms with Gasteiger partial charge in [-0.25, -0.2) is 4.57 Å². The molecule has 1 aliphatic carbocycles. The summed E-state index contributed by atoms with van der Waals surface area (Å²) in [5.74, 6) is -0.333. The molecule has 9 atom stereocenters. The molecule has 12 nitrogen and oxygen atoms in total. The minimum absolute atomic E-state index is 0.220. The van der Waals surface area contributed by atoms with Crippen molar-refractivity contribution >= 4 is 13.7 Å². The molecule has 6 unspecified atom stereocenters. The van der Waals surface area contributed by atoms with Gasteiger partial charge in [-0.3, -0.25) is 13.8 Å². The van der Waals surface area contributed by atoms with Gasteiger partial charge < -0.3 is 40.8 Å². The van der Waals surface area contributed by atoms with E-state index in [0.717, 1.165) is 44.9 Å². The molecule has 0 spiro atoms. The van der Waals surface area contributed by atoms with Gasteiger partial charge >= 0.3 is 7.82 Å². The van der Waals surface area contributed by atoms with E-state index >= 15 is 0 Å². The van der Waals surface area contributed by atoms with Gasteiger partial charge in [-0.15, -0.1) is 0 Å². The third-order valence-corrected chi connectivity index (χ3v) is 15.6. The van der Waals surface area contributed by atoms with Crippen LogP contribution in [0.25, 0.3) is 0 Å². The summed E-state index contributed by atoms with van der Waals surface area (Å²) in [5, 5.41) is 64.3. The van der Waals surface area contributed by atoms with Crippen LogP contribution in [0.5, 0.6) is 0 Å². The standard InChI is InChI=1S/C57H112NO11P/c1-3-5-7-9-11-13-15-17-19-21-22-23-24-25-26-27-28-29-31-33-35-37-39-41-43-45-47-51(60)58-49(48-68-70(66,67)69-57-55(64)53(62)52(61)54(63)56(57)65)50(59)46-44-42-40-38-36-34-32-30-20-18-16-14-12-10-8-6-4-2/h44,46,49-50,52-57,59,61-65H,3-43,45,47-48H2,1-2H3,(H,58,60)(H,66,67)/b46-44+/t49-,50+,52?,53+,54?,55?,56?,57?/m0/s1. The number of hydrogen-bond donors (Lipinski definition) is 8. The minimum Gasteiger partial charge on any atom is -0.387 e. The molecule has 0 aliphatic heterocycles. The quantitative estimate of drug-likeness (QED) is 0.0163. The Morgan fingerprint density at radius 3 is 1.09 bits per heavy atom. The fourth-order valence-electron chi connectivity index (χ4n) is 9.79. The second-order valence-electron chi connectivity index (χ2n) is 21.2. The molecule has 0 saturated heterocycles. The minimum atomic E-state index is -5.08. The van der Waals surface area contributed by atoms with Gasteiger partial charge in [0.05, 0.1) is 18.8 Å². The number of amides is 1. The van der Waals surface area contributed by atoms with Crippen LogP contribution < -0.4 is 5.32 Å². The first kappa shape index (κ1) is 67.1. The maximum atomic E-state index is 13.0. The number of hydrogen-bond acceptors (Lipinski definition) is 10. The Morgan fingerprint density at radius 2 is 0.757 bits per heavy atom. The number of unbranched alkanes of at least 4 members (excludes halogenated alkanes) is 40. The van der Waals surface area contributed by atoms with Crippen molar-refractivity contribution in [3.63, 3.8) is 0 Å². The van der Waals surface area contributed by atoms with E-state index in [-0.39, 0.29) is 12.3 Å². The number of carbonyl (C=O) groups excluding carboxylic acids is 1. The predicted molar refractivity (Wildman–Crippen MR) is 288 cm³/mol. The Balaban J connectivity index is 2.30. The van der Waals surface area contributed by atoms with Crippen LogP contribution in [0, 0.1) is 0 Å². The van der Waals surface area contributed by atoms with Crippen LogP contribution in [0.4, 0.5) is 0 Å². The summed E-state index contributed by atoms with van der Waals surface area (Å²) in [5.41, 5.74) is 0. The number of aliphatic hydroxyl groups is 6. The lowest BCUT2D eigenvalue weighted by Gasteiger charge is -2.41. The predicted octanol–water partition coefficient (Wildman–Crippen LogP) is 13.5. The van der Waals surface area contributed by atoms with Crippen LogP contribution in [0.3, 0.4) is 0 Å². The molecule has 0 heterocycles. The monoisotopic (exact) mass is 1020 g/mol. The first-order valence-corrected chi connectivity index (χ1v) is 31.1. The van der Waals surface area contributed by atoms with Crippen molar-refractivity contribution in [1.82, 2.24) is 5.32 Å². The summed E-state index contributed by atoms with van der Waals surface area (Å²) in [7, 11) is -5.08. The normalized spacial score (nSPS) is 21.3. The van der Waals surface area contributed by atoms with Gasteiger partial charge in [-0.2, -0.15) is 0 Å². The largest absolute Gasteiger partial charge is 0.472 e. The SMILES string of the molecule is CCCCCCCCCCCCCCCCC/C=C/[C@@H](O)[C@H](COP(=O)(O)OC1C(O)C(O)C(O)[C@@H](O)C1O)NC(=O)CCCCCCCCCCCCCCCCCCCCCCCCCCCC. The molecule has 1 fully saturated rings. The van der Waals surface area contributed by atoms with E-state index in [1.807, 2.05) is 6.08 Å². The van der Waals surface area contributed by atoms with Gasteiger partial charge in [0.1, 0.15) is 36.6 Å². The van der Waals surface area contributed by atoms with E-state index in [9.17, 15) is 44.9 Å². The van der Waals surface area contributed by atoms with Crippen molar-refractivity contribution in [2.45, 2.75) is 339 Å². The lowest BCUT2D eigenvalue weighted by molar-refractivity contribution is -0.220. The highest BCUT2D eigenvalue weighted by Gasteiger charge is 2.51. The van der Waals surface area contributed by atoms with Gasteiger partial charge in [-0.05, 0) is 19.3 Å². The average molecular weight is 1020 g/mol. The van der Waals surface area contributed by atoms with E-state index in [1.165, 1.54) is 218 Å². The lowest BCUT2D eigenvalue weighted by Crippen LogP contribution is -2.64. The molecule has 70 heavy (non-hydrogen) atoms. The van der Waals surface area contributed by atoms with Crippen LogP contribution in [0.1, 0.15) is 290 Å². The molecule has 0 bridgehead atoms. The smallest absolute Gasteiger partial charge is 0.387 e. The van der Waals surface area contributed by atoms with Crippen LogP contribution in [0.2, 0.25) is 0 Å². The van der Waals surface area contributed by atoms with E-state index < -0.39 is 63.2 Å². The molecule has 1 saturated carbocycles. The van der Waals surface area contributed by atoms with Crippen molar-refractivity contribution in [3.8, 4) is 0 Å². The highest BCUT2D eigenvalue weighted by Crippen LogP contribution is 2.47. The van der Waals surface area contributed by atoms with Crippen molar-refractivity contribution in [2.75, 3.05) is 6.61 Å². The summed E-state index contributed by atoms with van der Waals surface area (Å²) in [6, 6.07) is -1.11. The van der Waals surface area contributed by atoms with Gasteiger partial charge in [0.25, 0.3) is 0 Å². The van der Waals surface area contributed by atoms with E-state index in [2.05, 4.69) is 19.2 Å². The van der Waals surface area contributed by atoms with Crippen LogP contribution >= 0.6 is 7.82 Å². The average Bonchev–Trinajstić information content (AvgIpc) is 3.34. The Hall–Kier alpha value is -0.920. The number of allylic oxidation sites excluding steroid dienone is 1. The maximum absolute atomic E-state index is 13.0. The van der Waals surface area contributed by atoms with Gasteiger partial charge in [0, 0.05) is 6.42 Å². The second kappa shape index (κ2) is 46.6. The summed E-state index contributed by atoms with van der Waals surface area (Å²) in [6.45, 7) is 3.89. The van der Waals surface area contributed by atoms with Crippen LogP contribution in [-0.2, 0) is 18.4 Å². The van der Waals surface area contributed by atoms with Gasteiger partial charge in [0.2, 0.25) is 5.91 Å². The molecule has 0 aromatic rings. The fraction of sp³-hybridized carbons (Fsp3) is 0.947. The highest BCUT2D eigenvalue weighted by atomic mass is 31.2. The number of nitrogens with one attached hydrogen (secondary N) is 1. The molecule has 1 rings (SSSR count). The lowest BCUT2D eigenvalue weighted by atomic mass is 9.85. The number of phosphoric ester groups is 1. The zero-order valence-corrected chi connectivity index (χ0v) is 46.0. The van der Waals surface area contributed by atoms with Crippen molar-refractivity contribution < 1.29 is 53.9 Å². The zero-order valence-electron chi connectivity index (χ0n) is 45.1. The van der Waals surface area contributed by atoms with E-state index in [4.69, 9.17) is 9.05 Å². The Morgan fingerprint density at radius 1 is 0.471 bits per heavy atom.